The largest absolute Gasteiger partial charge is 0.454 e. The Morgan fingerprint density at radius 3 is 2.24 bits per heavy atom. The Balaban J connectivity index is 1.65. The molecule has 0 amide bonds. The Bertz CT molecular complexity index is 896. The molecule has 2 aromatic carbocycles. The fourth-order valence-electron chi connectivity index (χ4n) is 2.55. The molecule has 0 bridgehead atoms. The van der Waals surface area contributed by atoms with Crippen molar-refractivity contribution in [1.29, 1.82) is 0 Å². The number of aromatic nitrogens is 2. The summed E-state index contributed by atoms with van der Waals surface area (Å²) in [5.41, 5.74) is 3.73. The molecule has 0 saturated carbocycles. The molecule has 5 heteroatoms. The predicted molar refractivity (Wildman–Crippen MR) is 94.1 cm³/mol. The van der Waals surface area contributed by atoms with Crippen molar-refractivity contribution >= 4 is 11.8 Å². The fourth-order valence-corrected chi connectivity index (χ4v) is 2.55. The predicted octanol–water partition coefficient (Wildman–Crippen LogP) is 3.53. The van der Waals surface area contributed by atoms with Gasteiger partial charge in [-0.2, -0.15) is 5.10 Å². The second-order valence-electron chi connectivity index (χ2n) is 5.75. The van der Waals surface area contributed by atoms with Gasteiger partial charge in [-0.15, -0.1) is 0 Å². The molecule has 0 atom stereocenters. The van der Waals surface area contributed by atoms with Crippen LogP contribution in [0.3, 0.4) is 0 Å². The molecular formula is C20H18N2O3. The Hall–Kier alpha value is -3.21. The number of esters is 1. The monoisotopic (exact) mass is 334 g/mol. The van der Waals surface area contributed by atoms with E-state index in [2.05, 4.69) is 5.10 Å². The SMILES string of the molecule is Cc1cc(C)n(-c2ccc(C(=O)OCC(=O)c3ccccc3)cc2)n1. The molecule has 3 rings (SSSR count). The van der Waals surface area contributed by atoms with Crippen LogP contribution in [0.2, 0.25) is 0 Å². The number of carbonyl (C=O) groups excluding carboxylic acids is 2. The highest BCUT2D eigenvalue weighted by molar-refractivity contribution is 5.99. The molecule has 0 aliphatic heterocycles. The molecule has 0 saturated heterocycles. The number of aryl methyl sites for hydroxylation is 2. The summed E-state index contributed by atoms with van der Waals surface area (Å²) >= 11 is 0. The molecule has 5 nitrogen and oxygen atoms in total. The first-order chi connectivity index (χ1) is 12.0. The maximum Gasteiger partial charge on any atom is 0.338 e. The van der Waals surface area contributed by atoms with Crippen molar-refractivity contribution in [2.75, 3.05) is 6.61 Å². The minimum atomic E-state index is -0.524. The first kappa shape index (κ1) is 16.6. The summed E-state index contributed by atoms with van der Waals surface area (Å²) in [5.74, 6) is -0.752. The van der Waals surface area contributed by atoms with Gasteiger partial charge in [-0.1, -0.05) is 30.3 Å². The van der Waals surface area contributed by atoms with E-state index in [1.54, 1.807) is 48.5 Å². The quantitative estimate of drug-likeness (QED) is 0.529. The van der Waals surface area contributed by atoms with Crippen molar-refractivity contribution in [3.63, 3.8) is 0 Å². The third kappa shape index (κ3) is 3.83. The molecule has 0 radical (unpaired) electrons. The van der Waals surface area contributed by atoms with E-state index in [4.69, 9.17) is 4.74 Å². The van der Waals surface area contributed by atoms with Crippen LogP contribution in [0, 0.1) is 13.8 Å². The van der Waals surface area contributed by atoms with Crippen LogP contribution in [-0.4, -0.2) is 28.1 Å². The molecular weight excluding hydrogens is 316 g/mol. The number of ketones is 1. The molecule has 0 fully saturated rings. The lowest BCUT2D eigenvalue weighted by Gasteiger charge is -2.07. The number of hydrogen-bond acceptors (Lipinski definition) is 4. The van der Waals surface area contributed by atoms with Crippen molar-refractivity contribution in [1.82, 2.24) is 9.78 Å². The van der Waals surface area contributed by atoms with E-state index in [1.807, 2.05) is 30.7 Å². The van der Waals surface area contributed by atoms with Gasteiger partial charge in [0.1, 0.15) is 0 Å². The van der Waals surface area contributed by atoms with E-state index in [1.165, 1.54) is 0 Å². The zero-order valence-corrected chi connectivity index (χ0v) is 14.1. The van der Waals surface area contributed by atoms with Crippen molar-refractivity contribution < 1.29 is 14.3 Å². The highest BCUT2D eigenvalue weighted by Gasteiger charge is 2.12. The zero-order chi connectivity index (χ0) is 17.8. The van der Waals surface area contributed by atoms with Gasteiger partial charge in [-0.05, 0) is 44.2 Å². The van der Waals surface area contributed by atoms with Gasteiger partial charge in [-0.3, -0.25) is 4.79 Å². The van der Waals surface area contributed by atoms with Crippen LogP contribution in [0.4, 0.5) is 0 Å². The average Bonchev–Trinajstić information content (AvgIpc) is 2.98. The molecule has 1 heterocycles. The van der Waals surface area contributed by atoms with Gasteiger partial charge in [0.05, 0.1) is 16.9 Å². The summed E-state index contributed by atoms with van der Waals surface area (Å²) in [6.45, 7) is 3.62. The highest BCUT2D eigenvalue weighted by atomic mass is 16.5. The van der Waals surface area contributed by atoms with Crippen molar-refractivity contribution in [3.8, 4) is 5.69 Å². The van der Waals surface area contributed by atoms with Gasteiger partial charge in [0.25, 0.3) is 0 Å². The van der Waals surface area contributed by atoms with E-state index in [0.29, 0.717) is 11.1 Å². The summed E-state index contributed by atoms with van der Waals surface area (Å²) in [6, 6.07) is 17.7. The maximum absolute atomic E-state index is 12.1. The number of Topliss-reactive ketones (excluding diaryl/α,β-unsaturated/α-hetero) is 1. The van der Waals surface area contributed by atoms with Crippen molar-refractivity contribution in [2.45, 2.75) is 13.8 Å². The minimum Gasteiger partial charge on any atom is -0.454 e. The smallest absolute Gasteiger partial charge is 0.338 e. The Morgan fingerprint density at radius 2 is 1.64 bits per heavy atom. The van der Waals surface area contributed by atoms with Gasteiger partial charge in [0.15, 0.2) is 12.4 Å². The summed E-state index contributed by atoms with van der Waals surface area (Å²) in [4.78, 5) is 24.1. The number of carbonyl (C=O) groups is 2. The third-order valence-electron chi connectivity index (χ3n) is 3.79. The van der Waals surface area contributed by atoms with E-state index in [0.717, 1.165) is 17.1 Å². The summed E-state index contributed by atoms with van der Waals surface area (Å²) in [6.07, 6.45) is 0. The molecule has 0 N–H and O–H groups in total. The zero-order valence-electron chi connectivity index (χ0n) is 14.1. The van der Waals surface area contributed by atoms with Crippen LogP contribution in [-0.2, 0) is 4.74 Å². The van der Waals surface area contributed by atoms with E-state index in [9.17, 15) is 9.59 Å². The minimum absolute atomic E-state index is 0.229. The van der Waals surface area contributed by atoms with Gasteiger partial charge < -0.3 is 4.74 Å². The summed E-state index contributed by atoms with van der Waals surface area (Å²) in [7, 11) is 0. The average molecular weight is 334 g/mol. The highest BCUT2D eigenvalue weighted by Crippen LogP contribution is 2.14. The van der Waals surface area contributed by atoms with Gasteiger partial charge in [-0.25, -0.2) is 9.48 Å². The Morgan fingerprint density at radius 1 is 0.960 bits per heavy atom. The molecule has 0 spiro atoms. The Kier molecular flexibility index (Phi) is 4.75. The third-order valence-corrected chi connectivity index (χ3v) is 3.79. The first-order valence-electron chi connectivity index (χ1n) is 7.93. The number of nitrogens with zero attached hydrogens (tertiary/aromatic N) is 2. The second-order valence-corrected chi connectivity index (χ2v) is 5.75. The second kappa shape index (κ2) is 7.13. The molecule has 0 aliphatic carbocycles. The lowest BCUT2D eigenvalue weighted by atomic mass is 10.1. The van der Waals surface area contributed by atoms with Crippen LogP contribution < -0.4 is 0 Å². The summed E-state index contributed by atoms with van der Waals surface area (Å²) in [5, 5.41) is 4.40. The topological polar surface area (TPSA) is 61.2 Å². The lowest BCUT2D eigenvalue weighted by molar-refractivity contribution is 0.0475. The van der Waals surface area contributed by atoms with Crippen molar-refractivity contribution in [2.24, 2.45) is 0 Å². The number of benzene rings is 2. The van der Waals surface area contributed by atoms with E-state index >= 15 is 0 Å². The normalized spacial score (nSPS) is 10.5. The van der Waals surface area contributed by atoms with Gasteiger partial charge in [0, 0.05) is 11.3 Å². The Labute approximate surface area is 145 Å². The number of hydrogen-bond donors (Lipinski definition) is 0. The molecule has 1 aromatic heterocycles. The summed E-state index contributed by atoms with van der Waals surface area (Å²) < 4.78 is 6.92. The molecule has 0 aliphatic rings. The van der Waals surface area contributed by atoms with Gasteiger partial charge in [0.2, 0.25) is 0 Å². The van der Waals surface area contributed by atoms with E-state index < -0.39 is 5.97 Å². The fraction of sp³-hybridized carbons (Fsp3) is 0.150. The van der Waals surface area contributed by atoms with Crippen LogP contribution in [0.5, 0.6) is 0 Å². The first-order valence-corrected chi connectivity index (χ1v) is 7.93. The van der Waals surface area contributed by atoms with Gasteiger partial charge >= 0.3 is 5.97 Å². The number of ether oxygens (including phenoxy) is 1. The van der Waals surface area contributed by atoms with Crippen LogP contribution in [0.1, 0.15) is 32.1 Å². The van der Waals surface area contributed by atoms with Crippen molar-refractivity contribution in [3.05, 3.63) is 83.2 Å². The molecule has 3 aromatic rings. The van der Waals surface area contributed by atoms with Crippen LogP contribution in [0.25, 0.3) is 5.69 Å². The lowest BCUT2D eigenvalue weighted by Crippen LogP contribution is -2.14. The van der Waals surface area contributed by atoms with Crippen LogP contribution in [0.15, 0.2) is 60.7 Å². The maximum atomic E-state index is 12.1. The van der Waals surface area contributed by atoms with Crippen LogP contribution >= 0.6 is 0 Å². The molecule has 25 heavy (non-hydrogen) atoms. The number of rotatable bonds is 5. The molecule has 0 unspecified atom stereocenters. The molecule has 126 valence electrons. The standard InChI is InChI=1S/C20H18N2O3/c1-14-12-15(2)22(21-14)18-10-8-17(9-11-18)20(24)25-13-19(23)16-6-4-3-5-7-16/h3-12H,13H2,1-2H3. The van der Waals surface area contributed by atoms with E-state index in [-0.39, 0.29) is 12.4 Å².